The van der Waals surface area contributed by atoms with Crippen LogP contribution in [0.5, 0.6) is 5.75 Å². The molecular formula is C29H26ClN3O2. The number of hydrogen-bond acceptors (Lipinski definition) is 4. The molecule has 1 aliphatic rings. The average Bonchev–Trinajstić information content (AvgIpc) is 2.88. The van der Waals surface area contributed by atoms with E-state index in [1.165, 1.54) is 0 Å². The standard InChI is InChI=1S/C29H26ClN3O2/c30-25-14-19(7-10-31)13-23(16-25)27-6-2-4-22-15-24(18-35-28(22)27)29(34)33-26-5-1-3-21(17-26)20-8-11-32-12-9-20/h1-6,8-9,11-14,16-17,24H,7,10,15,18,31H2,(H,33,34). The van der Waals surface area contributed by atoms with Gasteiger partial charge in [-0.2, -0.15) is 0 Å². The van der Waals surface area contributed by atoms with E-state index in [4.69, 9.17) is 22.1 Å². The minimum Gasteiger partial charge on any atom is -0.492 e. The number of nitrogens with zero attached hydrogens (tertiary/aromatic N) is 1. The van der Waals surface area contributed by atoms with Crippen LogP contribution in [0.4, 0.5) is 5.69 Å². The van der Waals surface area contributed by atoms with Crippen molar-refractivity contribution in [2.75, 3.05) is 18.5 Å². The lowest BCUT2D eigenvalue weighted by molar-refractivity contribution is -0.121. The summed E-state index contributed by atoms with van der Waals surface area (Å²) in [6.07, 6.45) is 4.88. The predicted octanol–water partition coefficient (Wildman–Crippen LogP) is 5.76. The van der Waals surface area contributed by atoms with Gasteiger partial charge in [0.05, 0.1) is 5.92 Å². The molecule has 3 N–H and O–H groups in total. The number of halogens is 1. The van der Waals surface area contributed by atoms with Gasteiger partial charge in [-0.15, -0.1) is 0 Å². The summed E-state index contributed by atoms with van der Waals surface area (Å²) >= 11 is 6.37. The molecule has 1 aromatic heterocycles. The van der Waals surface area contributed by atoms with Crippen molar-refractivity contribution in [3.63, 3.8) is 0 Å². The molecule has 0 aliphatic carbocycles. The van der Waals surface area contributed by atoms with Crippen LogP contribution in [-0.2, 0) is 17.6 Å². The van der Waals surface area contributed by atoms with Crippen molar-refractivity contribution in [1.82, 2.24) is 4.98 Å². The molecule has 176 valence electrons. The van der Waals surface area contributed by atoms with Crippen molar-refractivity contribution in [3.05, 3.63) is 101 Å². The van der Waals surface area contributed by atoms with Gasteiger partial charge >= 0.3 is 0 Å². The number of hydrogen-bond donors (Lipinski definition) is 2. The number of aromatic nitrogens is 1. The van der Waals surface area contributed by atoms with Crippen LogP contribution < -0.4 is 15.8 Å². The van der Waals surface area contributed by atoms with Crippen LogP contribution in [0.3, 0.4) is 0 Å². The summed E-state index contributed by atoms with van der Waals surface area (Å²) in [6.45, 7) is 0.877. The Balaban J connectivity index is 1.34. The number of carbonyl (C=O) groups is 1. The van der Waals surface area contributed by atoms with Crippen molar-refractivity contribution in [3.8, 4) is 28.0 Å². The smallest absolute Gasteiger partial charge is 0.231 e. The Labute approximate surface area is 209 Å². The van der Waals surface area contributed by atoms with E-state index in [9.17, 15) is 4.79 Å². The zero-order valence-corrected chi connectivity index (χ0v) is 20.0. The van der Waals surface area contributed by atoms with Gasteiger partial charge < -0.3 is 15.8 Å². The zero-order valence-electron chi connectivity index (χ0n) is 19.2. The molecule has 1 aliphatic heterocycles. The first kappa shape index (κ1) is 23.1. The molecule has 35 heavy (non-hydrogen) atoms. The second-order valence-corrected chi connectivity index (χ2v) is 9.14. The highest BCUT2D eigenvalue weighted by molar-refractivity contribution is 6.31. The van der Waals surface area contributed by atoms with Gasteiger partial charge in [-0.25, -0.2) is 0 Å². The molecule has 0 bridgehead atoms. The molecule has 0 saturated heterocycles. The molecule has 6 heteroatoms. The summed E-state index contributed by atoms with van der Waals surface area (Å²) in [5.74, 6) is 0.479. The van der Waals surface area contributed by atoms with E-state index in [0.717, 1.165) is 51.2 Å². The number of rotatable bonds is 6. The largest absolute Gasteiger partial charge is 0.492 e. The van der Waals surface area contributed by atoms with E-state index in [2.05, 4.69) is 16.4 Å². The minimum atomic E-state index is -0.283. The van der Waals surface area contributed by atoms with Gasteiger partial charge in [-0.1, -0.05) is 48.0 Å². The fourth-order valence-electron chi connectivity index (χ4n) is 4.50. The Kier molecular flexibility index (Phi) is 6.80. The monoisotopic (exact) mass is 483 g/mol. The fourth-order valence-corrected chi connectivity index (χ4v) is 4.76. The van der Waals surface area contributed by atoms with Crippen LogP contribution in [0.25, 0.3) is 22.3 Å². The highest BCUT2D eigenvalue weighted by atomic mass is 35.5. The van der Waals surface area contributed by atoms with Crippen LogP contribution in [-0.4, -0.2) is 24.0 Å². The maximum Gasteiger partial charge on any atom is 0.231 e. The molecule has 5 nitrogen and oxygen atoms in total. The SMILES string of the molecule is NCCc1cc(Cl)cc(-c2cccc3c2OCC(C(=O)Nc2cccc(-c4ccncc4)c2)C3)c1. The molecule has 5 rings (SSSR count). The average molecular weight is 484 g/mol. The first-order chi connectivity index (χ1) is 17.1. The van der Waals surface area contributed by atoms with Gasteiger partial charge in [0.2, 0.25) is 5.91 Å². The van der Waals surface area contributed by atoms with Crippen LogP contribution in [0.15, 0.2) is 85.2 Å². The first-order valence-corrected chi connectivity index (χ1v) is 12.0. The van der Waals surface area contributed by atoms with Crippen molar-refractivity contribution < 1.29 is 9.53 Å². The molecular weight excluding hydrogens is 458 g/mol. The summed E-state index contributed by atoms with van der Waals surface area (Å²) in [7, 11) is 0. The number of amides is 1. The van der Waals surface area contributed by atoms with E-state index < -0.39 is 0 Å². The van der Waals surface area contributed by atoms with E-state index in [1.807, 2.05) is 66.7 Å². The summed E-state index contributed by atoms with van der Waals surface area (Å²) in [5, 5.41) is 3.74. The fraction of sp³-hybridized carbons (Fsp3) is 0.172. The van der Waals surface area contributed by atoms with Gasteiger partial charge in [0.15, 0.2) is 0 Å². The molecule has 1 atom stereocenters. The molecule has 0 fully saturated rings. The second kappa shape index (κ2) is 10.3. The summed E-state index contributed by atoms with van der Waals surface area (Å²) < 4.78 is 6.18. The van der Waals surface area contributed by atoms with Crippen molar-refractivity contribution >= 4 is 23.2 Å². The Morgan fingerprint density at radius 2 is 1.83 bits per heavy atom. The van der Waals surface area contributed by atoms with Crippen LogP contribution in [0.1, 0.15) is 11.1 Å². The van der Waals surface area contributed by atoms with Crippen LogP contribution in [0.2, 0.25) is 5.02 Å². The molecule has 0 spiro atoms. The summed E-state index contributed by atoms with van der Waals surface area (Å²) in [4.78, 5) is 17.2. The molecule has 2 heterocycles. The molecule has 4 aromatic rings. The molecule has 3 aromatic carbocycles. The topological polar surface area (TPSA) is 77.2 Å². The molecule has 0 radical (unpaired) electrons. The Morgan fingerprint density at radius 3 is 2.66 bits per heavy atom. The van der Waals surface area contributed by atoms with Crippen LogP contribution >= 0.6 is 11.6 Å². The van der Waals surface area contributed by atoms with Gasteiger partial charge in [0.25, 0.3) is 0 Å². The Morgan fingerprint density at radius 1 is 1.00 bits per heavy atom. The van der Waals surface area contributed by atoms with Crippen LogP contribution in [0, 0.1) is 5.92 Å². The number of anilines is 1. The number of nitrogens with two attached hydrogens (primary N) is 1. The summed E-state index contributed by atoms with van der Waals surface area (Å²) in [6, 6.07) is 23.8. The first-order valence-electron chi connectivity index (χ1n) is 11.7. The number of ether oxygens (including phenoxy) is 1. The lowest BCUT2D eigenvalue weighted by Crippen LogP contribution is -2.32. The number of carbonyl (C=O) groups excluding carboxylic acids is 1. The minimum absolute atomic E-state index is 0.0547. The van der Waals surface area contributed by atoms with Gasteiger partial charge in [-0.3, -0.25) is 9.78 Å². The highest BCUT2D eigenvalue weighted by Gasteiger charge is 2.28. The lowest BCUT2D eigenvalue weighted by atomic mass is 9.91. The normalized spacial score (nSPS) is 14.6. The number of para-hydroxylation sites is 1. The highest BCUT2D eigenvalue weighted by Crippen LogP contribution is 2.39. The van der Waals surface area contributed by atoms with E-state index in [1.54, 1.807) is 12.4 Å². The third-order valence-corrected chi connectivity index (χ3v) is 6.43. The number of pyridine rings is 1. The quantitative estimate of drug-likeness (QED) is 0.365. The number of fused-ring (bicyclic) bond motifs is 1. The molecule has 1 unspecified atom stereocenters. The second-order valence-electron chi connectivity index (χ2n) is 8.70. The van der Waals surface area contributed by atoms with Gasteiger partial charge in [-0.05, 0) is 83.6 Å². The zero-order chi connectivity index (χ0) is 24.2. The molecule has 1 amide bonds. The predicted molar refractivity (Wildman–Crippen MR) is 141 cm³/mol. The van der Waals surface area contributed by atoms with Crippen molar-refractivity contribution in [2.24, 2.45) is 11.7 Å². The lowest BCUT2D eigenvalue weighted by Gasteiger charge is -2.27. The van der Waals surface area contributed by atoms with Crippen molar-refractivity contribution in [2.45, 2.75) is 12.8 Å². The maximum absolute atomic E-state index is 13.1. The number of nitrogens with one attached hydrogen (secondary N) is 1. The Hall–Kier alpha value is -3.67. The third kappa shape index (κ3) is 5.21. The van der Waals surface area contributed by atoms with Crippen molar-refractivity contribution in [1.29, 1.82) is 0 Å². The Bertz CT molecular complexity index is 1360. The molecule has 0 saturated carbocycles. The number of benzene rings is 3. The maximum atomic E-state index is 13.1. The third-order valence-electron chi connectivity index (χ3n) is 6.21. The summed E-state index contributed by atoms with van der Waals surface area (Å²) in [5.41, 5.74) is 12.7. The van der Waals surface area contributed by atoms with E-state index in [0.29, 0.717) is 24.6 Å². The van der Waals surface area contributed by atoms with Gasteiger partial charge in [0.1, 0.15) is 12.4 Å². The van der Waals surface area contributed by atoms with E-state index >= 15 is 0 Å². The van der Waals surface area contributed by atoms with E-state index in [-0.39, 0.29) is 11.8 Å². The van der Waals surface area contributed by atoms with Gasteiger partial charge in [0, 0.05) is 28.7 Å².